The molecule has 0 aromatic carbocycles. The van der Waals surface area contributed by atoms with Crippen LogP contribution >= 0.6 is 12.2 Å². The molecule has 0 saturated carbocycles. The van der Waals surface area contributed by atoms with Crippen molar-refractivity contribution in [3.8, 4) is 0 Å². The van der Waals surface area contributed by atoms with Crippen LogP contribution in [0.15, 0.2) is 10.5 Å². The van der Waals surface area contributed by atoms with Crippen molar-refractivity contribution < 1.29 is 9.21 Å². The van der Waals surface area contributed by atoms with Crippen molar-refractivity contribution in [3.63, 3.8) is 0 Å². The van der Waals surface area contributed by atoms with E-state index in [0.29, 0.717) is 16.3 Å². The highest BCUT2D eigenvalue weighted by Gasteiger charge is 2.17. The van der Waals surface area contributed by atoms with Crippen molar-refractivity contribution in [3.05, 3.63) is 23.2 Å². The normalized spacial score (nSPS) is 10.1. The summed E-state index contributed by atoms with van der Waals surface area (Å²) in [6.45, 7) is 3.84. The molecule has 1 amide bonds. The van der Waals surface area contributed by atoms with E-state index in [9.17, 15) is 4.79 Å². The molecule has 0 aliphatic rings. The van der Waals surface area contributed by atoms with E-state index in [1.807, 2.05) is 0 Å². The van der Waals surface area contributed by atoms with E-state index in [-0.39, 0.29) is 12.5 Å². The third-order valence-corrected chi connectivity index (χ3v) is 2.14. The molecule has 82 valence electrons. The number of rotatable bonds is 3. The van der Waals surface area contributed by atoms with Crippen molar-refractivity contribution >= 4 is 23.1 Å². The zero-order valence-electron chi connectivity index (χ0n) is 9.03. The van der Waals surface area contributed by atoms with Crippen molar-refractivity contribution in [2.75, 3.05) is 13.6 Å². The van der Waals surface area contributed by atoms with Crippen LogP contribution in [-0.2, 0) is 0 Å². The van der Waals surface area contributed by atoms with Gasteiger partial charge in [0.25, 0.3) is 5.91 Å². The van der Waals surface area contributed by atoms with E-state index < -0.39 is 0 Å². The van der Waals surface area contributed by atoms with Gasteiger partial charge in [-0.15, -0.1) is 0 Å². The number of aryl methyl sites for hydroxylation is 2. The van der Waals surface area contributed by atoms with Gasteiger partial charge in [-0.2, -0.15) is 0 Å². The lowest BCUT2D eigenvalue weighted by molar-refractivity contribution is 0.0813. The first-order valence-corrected chi connectivity index (χ1v) is 4.93. The first-order valence-electron chi connectivity index (χ1n) is 4.52. The van der Waals surface area contributed by atoms with Crippen LogP contribution in [0.3, 0.4) is 0 Å². The van der Waals surface area contributed by atoms with E-state index in [2.05, 4.69) is 0 Å². The van der Waals surface area contributed by atoms with Crippen molar-refractivity contribution in [1.29, 1.82) is 0 Å². The van der Waals surface area contributed by atoms with Gasteiger partial charge in [0.2, 0.25) is 0 Å². The molecule has 2 N–H and O–H groups in total. The summed E-state index contributed by atoms with van der Waals surface area (Å²) in [4.78, 5) is 13.6. The van der Waals surface area contributed by atoms with Crippen LogP contribution in [0.25, 0.3) is 0 Å². The smallest absolute Gasteiger partial charge is 0.257 e. The fourth-order valence-corrected chi connectivity index (χ4v) is 1.55. The second-order valence-corrected chi connectivity index (χ2v) is 3.98. The van der Waals surface area contributed by atoms with Gasteiger partial charge in [-0.1, -0.05) is 12.2 Å². The first kappa shape index (κ1) is 11.7. The molecule has 1 heterocycles. The minimum absolute atomic E-state index is 0.128. The summed E-state index contributed by atoms with van der Waals surface area (Å²) < 4.78 is 5.28. The van der Waals surface area contributed by atoms with Gasteiger partial charge in [-0.3, -0.25) is 4.79 Å². The van der Waals surface area contributed by atoms with Gasteiger partial charge in [0.05, 0.1) is 17.1 Å². The minimum atomic E-state index is -0.128. The molecule has 0 spiro atoms. The maximum absolute atomic E-state index is 11.9. The van der Waals surface area contributed by atoms with E-state index >= 15 is 0 Å². The van der Waals surface area contributed by atoms with Gasteiger partial charge in [0.15, 0.2) is 0 Å². The molecule has 0 aliphatic carbocycles. The fourth-order valence-electron chi connectivity index (χ4n) is 1.35. The standard InChI is InChI=1S/C10H14N2O2S/c1-6-4-8(7(2)14-6)10(13)12(3)5-9(11)15/h4H,5H2,1-3H3,(H2,11,15). The number of hydrogen-bond donors (Lipinski definition) is 1. The molecule has 0 atom stereocenters. The van der Waals surface area contributed by atoms with Gasteiger partial charge < -0.3 is 15.1 Å². The van der Waals surface area contributed by atoms with Gasteiger partial charge in [0.1, 0.15) is 11.5 Å². The second kappa shape index (κ2) is 4.44. The quantitative estimate of drug-likeness (QED) is 0.788. The Bertz CT molecular complexity index is 398. The second-order valence-electron chi connectivity index (χ2n) is 3.45. The van der Waals surface area contributed by atoms with Crippen LogP contribution in [0, 0.1) is 13.8 Å². The van der Waals surface area contributed by atoms with Crippen LogP contribution < -0.4 is 5.73 Å². The van der Waals surface area contributed by atoms with Crippen molar-refractivity contribution in [2.45, 2.75) is 13.8 Å². The zero-order valence-corrected chi connectivity index (χ0v) is 9.85. The SMILES string of the molecule is Cc1cc(C(=O)N(C)CC(N)=S)c(C)o1. The maximum Gasteiger partial charge on any atom is 0.257 e. The van der Waals surface area contributed by atoms with Crippen LogP contribution in [0.2, 0.25) is 0 Å². The molecule has 0 radical (unpaired) electrons. The number of carbonyl (C=O) groups is 1. The minimum Gasteiger partial charge on any atom is -0.466 e. The number of hydrogen-bond acceptors (Lipinski definition) is 3. The highest BCUT2D eigenvalue weighted by atomic mass is 32.1. The summed E-state index contributed by atoms with van der Waals surface area (Å²) in [5.41, 5.74) is 5.93. The van der Waals surface area contributed by atoms with Crippen LogP contribution in [0.1, 0.15) is 21.9 Å². The molecule has 5 heteroatoms. The number of nitrogens with two attached hydrogens (primary N) is 1. The highest BCUT2D eigenvalue weighted by molar-refractivity contribution is 7.80. The predicted octanol–water partition coefficient (Wildman–Crippen LogP) is 1.25. The van der Waals surface area contributed by atoms with E-state index in [4.69, 9.17) is 22.4 Å². The molecular formula is C10H14N2O2S. The van der Waals surface area contributed by atoms with E-state index in [1.54, 1.807) is 27.0 Å². The molecule has 0 unspecified atom stereocenters. The number of likely N-dealkylation sites (N-methyl/N-ethyl adjacent to an activating group) is 1. The summed E-state index contributed by atoms with van der Waals surface area (Å²) in [7, 11) is 1.66. The lowest BCUT2D eigenvalue weighted by Gasteiger charge is -2.15. The molecule has 0 bridgehead atoms. The van der Waals surface area contributed by atoms with Crippen LogP contribution in [0.5, 0.6) is 0 Å². The third-order valence-electron chi connectivity index (χ3n) is 2.01. The summed E-state index contributed by atoms with van der Waals surface area (Å²) in [5.74, 6) is 1.21. The van der Waals surface area contributed by atoms with Crippen molar-refractivity contribution in [2.24, 2.45) is 5.73 Å². The average molecular weight is 226 g/mol. The summed E-state index contributed by atoms with van der Waals surface area (Å²) >= 11 is 4.74. The molecule has 0 fully saturated rings. The molecule has 1 rings (SSSR count). The zero-order chi connectivity index (χ0) is 11.6. The number of amides is 1. The molecule has 0 saturated heterocycles. The Morgan fingerprint density at radius 3 is 2.60 bits per heavy atom. The first-order chi connectivity index (χ1) is 6.91. The Labute approximate surface area is 94.0 Å². The molecular weight excluding hydrogens is 212 g/mol. The number of nitrogens with zero attached hydrogens (tertiary/aromatic N) is 1. The number of carbonyl (C=O) groups excluding carboxylic acids is 1. The van der Waals surface area contributed by atoms with Gasteiger partial charge in [-0.05, 0) is 19.9 Å². The Balaban J connectivity index is 2.84. The number of thiocarbonyl (C=S) groups is 1. The van der Waals surface area contributed by atoms with Gasteiger partial charge in [0, 0.05) is 7.05 Å². The Morgan fingerprint density at radius 2 is 2.20 bits per heavy atom. The summed E-state index contributed by atoms with van der Waals surface area (Å²) in [5, 5.41) is 0. The third kappa shape index (κ3) is 2.79. The van der Waals surface area contributed by atoms with E-state index in [0.717, 1.165) is 5.76 Å². The van der Waals surface area contributed by atoms with Crippen LogP contribution in [0.4, 0.5) is 0 Å². The predicted molar refractivity (Wildman–Crippen MR) is 61.9 cm³/mol. The van der Waals surface area contributed by atoms with Gasteiger partial charge >= 0.3 is 0 Å². The molecule has 4 nitrogen and oxygen atoms in total. The Morgan fingerprint density at radius 1 is 1.60 bits per heavy atom. The largest absolute Gasteiger partial charge is 0.466 e. The highest BCUT2D eigenvalue weighted by Crippen LogP contribution is 2.15. The Hall–Kier alpha value is -1.36. The van der Waals surface area contributed by atoms with Crippen LogP contribution in [-0.4, -0.2) is 29.4 Å². The summed E-state index contributed by atoms with van der Waals surface area (Å²) in [6, 6.07) is 1.72. The van der Waals surface area contributed by atoms with Crippen molar-refractivity contribution in [1.82, 2.24) is 4.90 Å². The topological polar surface area (TPSA) is 59.5 Å². The number of furan rings is 1. The fraction of sp³-hybridized carbons (Fsp3) is 0.400. The lowest BCUT2D eigenvalue weighted by Crippen LogP contribution is -2.34. The Kier molecular flexibility index (Phi) is 3.47. The molecule has 1 aromatic heterocycles. The average Bonchev–Trinajstić information content (AvgIpc) is 2.42. The summed E-state index contributed by atoms with van der Waals surface area (Å²) in [6.07, 6.45) is 0. The monoisotopic (exact) mass is 226 g/mol. The molecule has 0 aliphatic heterocycles. The van der Waals surface area contributed by atoms with E-state index in [1.165, 1.54) is 4.90 Å². The molecule has 1 aromatic rings. The lowest BCUT2D eigenvalue weighted by atomic mass is 10.2. The maximum atomic E-state index is 11.9. The van der Waals surface area contributed by atoms with Gasteiger partial charge in [-0.25, -0.2) is 0 Å². The molecule has 15 heavy (non-hydrogen) atoms.